The molecule has 0 saturated carbocycles. The number of hydrogen-bond acceptors (Lipinski definition) is 0. The van der Waals surface area contributed by atoms with Crippen LogP contribution in [0.1, 0.15) is 17.5 Å². The van der Waals surface area contributed by atoms with E-state index in [1.807, 2.05) is 36.4 Å². The van der Waals surface area contributed by atoms with Crippen molar-refractivity contribution >= 4 is 5.57 Å². The summed E-state index contributed by atoms with van der Waals surface area (Å²) in [4.78, 5) is 0. The van der Waals surface area contributed by atoms with Gasteiger partial charge in [-0.1, -0.05) is 42.0 Å². The fourth-order valence-corrected chi connectivity index (χ4v) is 1.61. The smallest absolute Gasteiger partial charge is 0.341 e. The quantitative estimate of drug-likeness (QED) is 0.590. The first-order valence-corrected chi connectivity index (χ1v) is 5.42. The van der Waals surface area contributed by atoms with Crippen LogP contribution in [0.5, 0.6) is 0 Å². The van der Waals surface area contributed by atoms with E-state index in [1.54, 1.807) is 0 Å². The molecule has 0 aromatic heterocycles. The van der Waals surface area contributed by atoms with E-state index in [0.717, 1.165) is 17.6 Å². The second-order valence-corrected chi connectivity index (χ2v) is 3.59. The van der Waals surface area contributed by atoms with Crippen LogP contribution >= 0.6 is 0 Å². The van der Waals surface area contributed by atoms with Gasteiger partial charge in [-0.15, -0.1) is 35.9 Å². The molecular formula is C16H14Zr. The third-order valence-corrected chi connectivity index (χ3v) is 2.44. The third kappa shape index (κ3) is 4.09. The first-order valence-electron chi connectivity index (χ1n) is 5.42. The van der Waals surface area contributed by atoms with Gasteiger partial charge in [-0.3, -0.25) is 0 Å². The van der Waals surface area contributed by atoms with Crippen LogP contribution in [0.25, 0.3) is 5.57 Å². The zero-order valence-corrected chi connectivity index (χ0v) is 12.1. The Morgan fingerprint density at radius 2 is 1.41 bits per heavy atom. The van der Waals surface area contributed by atoms with Crippen molar-refractivity contribution in [2.24, 2.45) is 0 Å². The number of rotatable bonds is 3. The van der Waals surface area contributed by atoms with Crippen LogP contribution in [0.15, 0.2) is 60.7 Å². The Bertz CT molecular complexity index is 457. The Balaban J connectivity index is 0.00000144. The molecule has 1 heteroatoms. The average Bonchev–Trinajstić information content (AvgIpc) is 2.38. The zero-order valence-electron chi connectivity index (χ0n) is 9.69. The van der Waals surface area contributed by atoms with Gasteiger partial charge in [0.15, 0.2) is 0 Å². The second kappa shape index (κ2) is 7.40. The summed E-state index contributed by atoms with van der Waals surface area (Å²) in [7, 11) is 0. The molecule has 0 amide bonds. The van der Waals surface area contributed by atoms with E-state index in [9.17, 15) is 0 Å². The Morgan fingerprint density at radius 1 is 0.882 bits per heavy atom. The molecule has 2 aromatic carbocycles. The predicted octanol–water partition coefficient (Wildman–Crippen LogP) is 4.14. The van der Waals surface area contributed by atoms with Gasteiger partial charge in [0.2, 0.25) is 0 Å². The van der Waals surface area contributed by atoms with Crippen molar-refractivity contribution in [3.63, 3.8) is 0 Å². The van der Waals surface area contributed by atoms with Crippen LogP contribution < -0.4 is 0 Å². The predicted molar refractivity (Wildman–Crippen MR) is 68.6 cm³/mol. The van der Waals surface area contributed by atoms with Crippen LogP contribution in [0, 0.1) is 13.0 Å². The summed E-state index contributed by atoms with van der Waals surface area (Å²) >= 11 is 0. The minimum atomic E-state index is 0. The molecule has 2 rings (SSSR count). The Morgan fingerprint density at radius 3 is 1.94 bits per heavy atom. The fourth-order valence-electron chi connectivity index (χ4n) is 1.61. The van der Waals surface area contributed by atoms with Gasteiger partial charge in [0.1, 0.15) is 0 Å². The Hall–Kier alpha value is -0.937. The normalized spacial score (nSPS) is 10.8. The maximum absolute atomic E-state index is 3.96. The van der Waals surface area contributed by atoms with E-state index in [-0.39, 0.29) is 26.2 Å². The standard InChI is InChI=1S/C16H14.Zr/c1-2-15(16-11-7-4-8-12-16)13-14-9-5-3-6-10-14;/h3-12H,1-2H2;/q-2;+2. The molecule has 0 atom stereocenters. The van der Waals surface area contributed by atoms with Gasteiger partial charge >= 0.3 is 26.2 Å². The van der Waals surface area contributed by atoms with Gasteiger partial charge < -0.3 is 6.92 Å². The summed E-state index contributed by atoms with van der Waals surface area (Å²) < 4.78 is 0. The first-order chi connectivity index (χ1) is 7.90. The van der Waals surface area contributed by atoms with Crippen molar-refractivity contribution in [3.8, 4) is 0 Å². The van der Waals surface area contributed by atoms with E-state index in [2.05, 4.69) is 37.3 Å². The number of allylic oxidation sites excluding steroid dienone is 1. The van der Waals surface area contributed by atoms with Gasteiger partial charge in [-0.05, 0) is 0 Å². The molecule has 0 radical (unpaired) electrons. The third-order valence-electron chi connectivity index (χ3n) is 2.44. The molecule has 2 aromatic rings. The molecule has 0 bridgehead atoms. The van der Waals surface area contributed by atoms with E-state index < -0.39 is 0 Å². The van der Waals surface area contributed by atoms with Crippen LogP contribution in [-0.4, -0.2) is 0 Å². The summed E-state index contributed by atoms with van der Waals surface area (Å²) in [6.45, 7) is 3.96. The van der Waals surface area contributed by atoms with Crippen LogP contribution in [0.3, 0.4) is 0 Å². The van der Waals surface area contributed by atoms with Gasteiger partial charge in [-0.2, -0.15) is 12.0 Å². The van der Waals surface area contributed by atoms with Crippen molar-refractivity contribution in [3.05, 3.63) is 84.8 Å². The van der Waals surface area contributed by atoms with Gasteiger partial charge in [-0.25, -0.2) is 0 Å². The first kappa shape index (κ1) is 14.1. The van der Waals surface area contributed by atoms with Crippen LogP contribution in [-0.2, 0) is 26.2 Å². The molecule has 0 fully saturated rings. The molecule has 0 saturated heterocycles. The van der Waals surface area contributed by atoms with Crippen LogP contribution in [0.4, 0.5) is 0 Å². The summed E-state index contributed by atoms with van der Waals surface area (Å²) in [6, 6.07) is 20.5. The molecule has 0 aliphatic rings. The largest absolute Gasteiger partial charge is 2.00 e. The Kier molecular flexibility index (Phi) is 6.15. The SMILES string of the molecule is [CH2-]CC(=[C-]c1ccccc1)c1ccccc1.[Zr+2]. The van der Waals surface area contributed by atoms with Gasteiger partial charge in [0.25, 0.3) is 0 Å². The molecule has 17 heavy (non-hydrogen) atoms. The van der Waals surface area contributed by atoms with Crippen LogP contribution in [0.2, 0.25) is 0 Å². The molecule has 0 unspecified atom stereocenters. The van der Waals surface area contributed by atoms with Crippen molar-refractivity contribution in [2.45, 2.75) is 6.42 Å². The zero-order chi connectivity index (χ0) is 11.2. The molecule has 0 nitrogen and oxygen atoms in total. The maximum atomic E-state index is 3.96. The maximum Gasteiger partial charge on any atom is 2.00 e. The summed E-state index contributed by atoms with van der Waals surface area (Å²) in [5.74, 6) is 0. The minimum absolute atomic E-state index is 0. The molecule has 0 spiro atoms. The summed E-state index contributed by atoms with van der Waals surface area (Å²) in [5, 5.41) is 0. The minimum Gasteiger partial charge on any atom is -0.341 e. The van der Waals surface area contributed by atoms with Gasteiger partial charge in [0.05, 0.1) is 0 Å². The van der Waals surface area contributed by atoms with E-state index >= 15 is 0 Å². The average molecular weight is 298 g/mol. The number of hydrogen-bond donors (Lipinski definition) is 0. The topological polar surface area (TPSA) is 0 Å². The van der Waals surface area contributed by atoms with E-state index in [1.165, 1.54) is 5.56 Å². The number of benzene rings is 2. The second-order valence-electron chi connectivity index (χ2n) is 3.59. The molecular weight excluding hydrogens is 283 g/mol. The molecule has 82 valence electrons. The fraction of sp³-hybridized carbons (Fsp3) is 0.0625. The van der Waals surface area contributed by atoms with E-state index in [4.69, 9.17) is 0 Å². The van der Waals surface area contributed by atoms with Crippen molar-refractivity contribution in [2.75, 3.05) is 0 Å². The Labute approximate surface area is 123 Å². The molecule has 0 aliphatic heterocycles. The van der Waals surface area contributed by atoms with Crippen molar-refractivity contribution in [1.82, 2.24) is 0 Å². The molecule has 0 N–H and O–H groups in total. The molecule has 0 heterocycles. The molecule has 0 aliphatic carbocycles. The van der Waals surface area contributed by atoms with Gasteiger partial charge in [0, 0.05) is 0 Å². The monoisotopic (exact) mass is 296 g/mol. The van der Waals surface area contributed by atoms with E-state index in [0.29, 0.717) is 0 Å². The summed E-state index contributed by atoms with van der Waals surface area (Å²) in [5.41, 5.74) is 3.44. The van der Waals surface area contributed by atoms with Crippen molar-refractivity contribution < 1.29 is 26.2 Å². The summed E-state index contributed by atoms with van der Waals surface area (Å²) in [6.07, 6.45) is 4.15. The van der Waals surface area contributed by atoms with Crippen molar-refractivity contribution in [1.29, 1.82) is 0 Å².